The number of amides is 1. The predicted octanol–water partition coefficient (Wildman–Crippen LogP) is 4.33. The lowest BCUT2D eigenvalue weighted by Gasteiger charge is -2.17. The summed E-state index contributed by atoms with van der Waals surface area (Å²) >= 11 is 0. The Morgan fingerprint density at radius 1 is 1.07 bits per heavy atom. The molecule has 0 bridgehead atoms. The van der Waals surface area contributed by atoms with Crippen LogP contribution >= 0.6 is 0 Å². The minimum absolute atomic E-state index is 0.0174. The van der Waals surface area contributed by atoms with Gasteiger partial charge >= 0.3 is 5.97 Å². The Kier molecular flexibility index (Phi) is 9.38. The van der Waals surface area contributed by atoms with Crippen LogP contribution < -0.4 is 10.1 Å². The number of carbonyl (C=O) groups excluding carboxylic acids is 2. The zero-order valence-electron chi connectivity index (χ0n) is 17.5. The van der Waals surface area contributed by atoms with Crippen LogP contribution in [-0.2, 0) is 20.7 Å². The summed E-state index contributed by atoms with van der Waals surface area (Å²) in [7, 11) is 0. The van der Waals surface area contributed by atoms with Gasteiger partial charge in [0, 0.05) is 12.1 Å². The highest BCUT2D eigenvalue weighted by molar-refractivity contribution is 5.90. The van der Waals surface area contributed by atoms with Gasteiger partial charge in [-0.3, -0.25) is 4.79 Å². The van der Waals surface area contributed by atoms with Gasteiger partial charge in [-0.25, -0.2) is 4.79 Å². The van der Waals surface area contributed by atoms with Gasteiger partial charge in [-0.05, 0) is 56.0 Å². The summed E-state index contributed by atoms with van der Waals surface area (Å²) in [6, 6.07) is 17.4. The van der Waals surface area contributed by atoms with Gasteiger partial charge in [0.05, 0.1) is 0 Å². The molecular weight excluding hydrogens is 378 g/mol. The third kappa shape index (κ3) is 8.35. The number of ether oxygens (including phenoxy) is 2. The molecule has 0 unspecified atom stereocenters. The van der Waals surface area contributed by atoms with Crippen molar-refractivity contribution in [1.29, 1.82) is 0 Å². The second-order valence-corrected chi connectivity index (χ2v) is 7.02. The normalized spacial score (nSPS) is 12.7. The molecule has 2 atom stereocenters. The van der Waals surface area contributed by atoms with Gasteiger partial charge < -0.3 is 14.8 Å². The van der Waals surface area contributed by atoms with Crippen molar-refractivity contribution in [2.24, 2.45) is 0 Å². The van der Waals surface area contributed by atoms with Crippen LogP contribution in [-0.4, -0.2) is 30.6 Å². The fraction of sp³-hybridized carbons (Fsp3) is 0.280. The smallest absolute Gasteiger partial charge is 0.331 e. The fourth-order valence-electron chi connectivity index (χ4n) is 2.72. The molecule has 0 fully saturated rings. The van der Waals surface area contributed by atoms with E-state index in [0.717, 1.165) is 24.2 Å². The first-order valence-corrected chi connectivity index (χ1v) is 10.0. The van der Waals surface area contributed by atoms with E-state index < -0.39 is 12.1 Å². The molecule has 0 radical (unpaired) electrons. The van der Waals surface area contributed by atoms with Crippen LogP contribution in [0.5, 0.6) is 5.75 Å². The number of hydrogen-bond donors (Lipinski definition) is 1. The molecule has 5 nitrogen and oxygen atoms in total. The molecule has 0 aliphatic rings. The monoisotopic (exact) mass is 407 g/mol. The minimum Gasteiger partial charge on any atom is -0.490 e. The Labute approximate surface area is 178 Å². The zero-order valence-corrected chi connectivity index (χ0v) is 17.5. The lowest BCUT2D eigenvalue weighted by molar-refractivity contribution is -0.150. The van der Waals surface area contributed by atoms with Crippen LogP contribution in [0.4, 0.5) is 0 Å². The molecule has 0 heterocycles. The number of esters is 1. The van der Waals surface area contributed by atoms with Crippen LogP contribution in [0.15, 0.2) is 73.3 Å². The van der Waals surface area contributed by atoms with Gasteiger partial charge in [0.2, 0.25) is 0 Å². The van der Waals surface area contributed by atoms with Crippen molar-refractivity contribution in [3.05, 3.63) is 84.5 Å². The van der Waals surface area contributed by atoms with E-state index in [-0.39, 0.29) is 11.9 Å². The van der Waals surface area contributed by atoms with Crippen molar-refractivity contribution in [2.75, 3.05) is 6.61 Å². The number of rotatable bonds is 11. The molecule has 2 aromatic rings. The Bertz CT molecular complexity index is 843. The molecular formula is C25H29NO4. The SMILES string of the molecule is C=CCOc1ccc(/C=C/C(=O)O[C@H](C)C(=O)N[C@@H](C)CCc2ccccc2)cc1. The topological polar surface area (TPSA) is 64.6 Å². The van der Waals surface area contributed by atoms with Crippen LogP contribution in [0.3, 0.4) is 0 Å². The summed E-state index contributed by atoms with van der Waals surface area (Å²) in [6.45, 7) is 7.54. The van der Waals surface area contributed by atoms with E-state index in [1.54, 1.807) is 31.2 Å². The molecule has 0 saturated carbocycles. The Morgan fingerprint density at radius 3 is 2.43 bits per heavy atom. The van der Waals surface area contributed by atoms with Gasteiger partial charge in [-0.2, -0.15) is 0 Å². The lowest BCUT2D eigenvalue weighted by Crippen LogP contribution is -2.40. The van der Waals surface area contributed by atoms with E-state index in [1.165, 1.54) is 11.6 Å². The lowest BCUT2D eigenvalue weighted by atomic mass is 10.1. The zero-order chi connectivity index (χ0) is 21.8. The summed E-state index contributed by atoms with van der Waals surface area (Å²) in [5.41, 5.74) is 2.05. The molecule has 158 valence electrons. The molecule has 2 aromatic carbocycles. The highest BCUT2D eigenvalue weighted by atomic mass is 16.5. The van der Waals surface area contributed by atoms with Crippen molar-refractivity contribution in [3.63, 3.8) is 0 Å². The standard InChI is InChI=1S/C25H29NO4/c1-4-18-29-23-15-12-22(13-16-23)14-17-24(27)30-20(3)25(28)26-19(2)10-11-21-8-6-5-7-9-21/h4-9,12-17,19-20H,1,10-11,18H2,2-3H3,(H,26,28)/b17-14+/t19-,20+/m0/s1. The summed E-state index contributed by atoms with van der Waals surface area (Å²) < 4.78 is 10.6. The van der Waals surface area contributed by atoms with E-state index >= 15 is 0 Å². The number of carbonyl (C=O) groups is 2. The molecule has 5 heteroatoms. The number of benzene rings is 2. The quantitative estimate of drug-likeness (QED) is 0.342. The van der Waals surface area contributed by atoms with Gasteiger partial charge in [0.1, 0.15) is 12.4 Å². The third-order valence-electron chi connectivity index (χ3n) is 4.42. The number of hydrogen-bond acceptors (Lipinski definition) is 4. The Morgan fingerprint density at radius 2 is 1.77 bits per heavy atom. The summed E-state index contributed by atoms with van der Waals surface area (Å²) in [5.74, 6) is -0.149. The number of aryl methyl sites for hydroxylation is 1. The van der Waals surface area contributed by atoms with E-state index in [4.69, 9.17) is 9.47 Å². The molecule has 0 spiro atoms. The summed E-state index contributed by atoms with van der Waals surface area (Å²) in [4.78, 5) is 24.3. The second-order valence-electron chi connectivity index (χ2n) is 7.02. The Hall–Kier alpha value is -3.34. The second kappa shape index (κ2) is 12.3. The fourth-order valence-corrected chi connectivity index (χ4v) is 2.72. The molecule has 0 aliphatic heterocycles. The third-order valence-corrected chi connectivity index (χ3v) is 4.42. The van der Waals surface area contributed by atoms with E-state index in [2.05, 4.69) is 24.0 Å². The summed E-state index contributed by atoms with van der Waals surface area (Å²) in [5, 5.41) is 2.89. The van der Waals surface area contributed by atoms with Crippen LogP contribution in [0.1, 0.15) is 31.4 Å². The van der Waals surface area contributed by atoms with Crippen LogP contribution in [0.25, 0.3) is 6.08 Å². The minimum atomic E-state index is -0.865. The highest BCUT2D eigenvalue weighted by Crippen LogP contribution is 2.13. The molecule has 30 heavy (non-hydrogen) atoms. The molecule has 1 N–H and O–H groups in total. The molecule has 2 rings (SSSR count). The van der Waals surface area contributed by atoms with Crippen molar-refractivity contribution in [3.8, 4) is 5.75 Å². The first-order chi connectivity index (χ1) is 14.5. The van der Waals surface area contributed by atoms with Crippen molar-refractivity contribution < 1.29 is 19.1 Å². The molecule has 0 aromatic heterocycles. The van der Waals surface area contributed by atoms with E-state index in [1.807, 2.05) is 37.3 Å². The maximum absolute atomic E-state index is 12.3. The van der Waals surface area contributed by atoms with E-state index in [0.29, 0.717) is 6.61 Å². The van der Waals surface area contributed by atoms with Crippen molar-refractivity contribution >= 4 is 18.0 Å². The maximum Gasteiger partial charge on any atom is 0.331 e. The van der Waals surface area contributed by atoms with Crippen LogP contribution in [0.2, 0.25) is 0 Å². The number of nitrogens with one attached hydrogen (secondary N) is 1. The Balaban J connectivity index is 1.74. The first-order valence-electron chi connectivity index (χ1n) is 10.0. The average molecular weight is 408 g/mol. The largest absolute Gasteiger partial charge is 0.490 e. The van der Waals surface area contributed by atoms with Crippen molar-refractivity contribution in [1.82, 2.24) is 5.32 Å². The van der Waals surface area contributed by atoms with Gasteiger partial charge in [-0.15, -0.1) is 0 Å². The maximum atomic E-state index is 12.3. The van der Waals surface area contributed by atoms with E-state index in [9.17, 15) is 9.59 Å². The van der Waals surface area contributed by atoms with Crippen LogP contribution in [0, 0.1) is 0 Å². The van der Waals surface area contributed by atoms with Gasteiger partial charge in [0.15, 0.2) is 6.10 Å². The first kappa shape index (κ1) is 22.9. The van der Waals surface area contributed by atoms with Gasteiger partial charge in [0.25, 0.3) is 5.91 Å². The highest BCUT2D eigenvalue weighted by Gasteiger charge is 2.18. The van der Waals surface area contributed by atoms with Gasteiger partial charge in [-0.1, -0.05) is 55.1 Å². The predicted molar refractivity (Wildman–Crippen MR) is 119 cm³/mol. The van der Waals surface area contributed by atoms with Crippen molar-refractivity contribution in [2.45, 2.75) is 38.8 Å². The average Bonchev–Trinajstić information content (AvgIpc) is 2.76. The molecule has 0 aliphatic carbocycles. The molecule has 0 saturated heterocycles. The summed E-state index contributed by atoms with van der Waals surface area (Å²) in [6.07, 6.45) is 5.43. The molecule has 1 amide bonds.